The van der Waals surface area contributed by atoms with Crippen LogP contribution in [0.5, 0.6) is 5.75 Å². The first kappa shape index (κ1) is 20.4. The van der Waals surface area contributed by atoms with Gasteiger partial charge in [-0.2, -0.15) is 0 Å². The maximum absolute atomic E-state index is 13.8. The smallest absolute Gasteiger partial charge is 0.356 e. The van der Waals surface area contributed by atoms with Crippen molar-refractivity contribution in [3.63, 3.8) is 0 Å². The molecule has 1 fully saturated rings. The summed E-state index contributed by atoms with van der Waals surface area (Å²) in [5.74, 6) is -0.574. The number of fused-ring (bicyclic) bond motifs is 2. The maximum Gasteiger partial charge on any atom is 0.356 e. The minimum Gasteiger partial charge on any atom is -0.507 e. The molecule has 1 aliphatic carbocycles. The van der Waals surface area contributed by atoms with Crippen LogP contribution in [0.15, 0.2) is 60.7 Å². The molecule has 3 aromatic carbocycles. The molecule has 32 heavy (non-hydrogen) atoms. The number of H-pyrrole nitrogens is 1. The zero-order valence-electron chi connectivity index (χ0n) is 17.4. The highest BCUT2D eigenvalue weighted by Gasteiger charge is 2.43. The Bertz CT molecular complexity index is 1450. The van der Waals surface area contributed by atoms with E-state index in [1.54, 1.807) is 55.5 Å². The first-order valence-corrected chi connectivity index (χ1v) is 12.0. The van der Waals surface area contributed by atoms with Crippen LogP contribution < -0.4 is 4.31 Å². The molecule has 7 nitrogen and oxygen atoms in total. The second-order valence-corrected chi connectivity index (χ2v) is 9.83. The molecule has 0 spiro atoms. The van der Waals surface area contributed by atoms with Gasteiger partial charge in [0.05, 0.1) is 23.2 Å². The van der Waals surface area contributed by atoms with Gasteiger partial charge in [-0.1, -0.05) is 42.5 Å². The van der Waals surface area contributed by atoms with Crippen LogP contribution >= 0.6 is 0 Å². The largest absolute Gasteiger partial charge is 0.507 e. The number of aromatic amines is 1. The highest BCUT2D eigenvalue weighted by Crippen LogP contribution is 2.46. The van der Waals surface area contributed by atoms with E-state index in [4.69, 9.17) is 4.74 Å². The number of phenols is 1. The van der Waals surface area contributed by atoms with Crippen molar-refractivity contribution in [2.45, 2.75) is 25.0 Å². The topological polar surface area (TPSA) is 99.7 Å². The number of benzene rings is 3. The number of aromatic nitrogens is 1. The van der Waals surface area contributed by atoms with Crippen LogP contribution in [0.1, 0.15) is 30.3 Å². The molecule has 164 valence electrons. The van der Waals surface area contributed by atoms with Gasteiger partial charge in [0.2, 0.25) is 10.0 Å². The van der Waals surface area contributed by atoms with Crippen molar-refractivity contribution in [3.8, 4) is 5.75 Å². The molecule has 1 heterocycles. The number of hydrogen-bond donors (Lipinski definition) is 2. The van der Waals surface area contributed by atoms with Crippen molar-refractivity contribution < 1.29 is 23.1 Å². The van der Waals surface area contributed by atoms with Crippen LogP contribution in [-0.2, 0) is 14.8 Å². The number of phenolic OH excluding ortho intramolecular Hbond substituents is 1. The summed E-state index contributed by atoms with van der Waals surface area (Å²) in [7, 11) is -3.85. The number of carbonyl (C=O) groups is 1. The van der Waals surface area contributed by atoms with Gasteiger partial charge >= 0.3 is 5.97 Å². The maximum atomic E-state index is 13.8. The summed E-state index contributed by atoms with van der Waals surface area (Å²) < 4.78 is 34.1. The van der Waals surface area contributed by atoms with Gasteiger partial charge in [0.25, 0.3) is 0 Å². The number of nitrogens with one attached hydrogen (secondary N) is 1. The number of esters is 1. The number of ether oxygens (including phenoxy) is 1. The van der Waals surface area contributed by atoms with Crippen molar-refractivity contribution in [3.05, 3.63) is 66.4 Å². The average molecular weight is 451 g/mol. The van der Waals surface area contributed by atoms with Crippen molar-refractivity contribution in [1.29, 1.82) is 0 Å². The van der Waals surface area contributed by atoms with E-state index in [2.05, 4.69) is 4.98 Å². The highest BCUT2D eigenvalue weighted by atomic mass is 32.2. The van der Waals surface area contributed by atoms with Crippen molar-refractivity contribution >= 4 is 49.0 Å². The van der Waals surface area contributed by atoms with E-state index in [1.807, 2.05) is 6.07 Å². The zero-order chi connectivity index (χ0) is 22.5. The van der Waals surface area contributed by atoms with Crippen LogP contribution in [-0.4, -0.2) is 36.3 Å². The molecule has 4 aromatic rings. The number of sulfonamides is 1. The SMILES string of the molecule is CCOC(=O)c1[nH]c2ccccc2c1N(c1ccc(O)c2ccccc12)S(=O)(=O)C1CC1. The number of aromatic hydroxyl groups is 1. The molecule has 0 radical (unpaired) electrons. The van der Waals surface area contributed by atoms with Gasteiger partial charge < -0.3 is 14.8 Å². The fourth-order valence-corrected chi connectivity index (χ4v) is 5.94. The molecule has 0 unspecified atom stereocenters. The third-order valence-corrected chi connectivity index (χ3v) is 7.86. The Hall–Kier alpha value is -3.52. The van der Waals surface area contributed by atoms with E-state index in [9.17, 15) is 18.3 Å². The summed E-state index contributed by atoms with van der Waals surface area (Å²) in [5, 5.41) is 11.5. The summed E-state index contributed by atoms with van der Waals surface area (Å²) in [4.78, 5) is 15.9. The number of nitrogens with zero attached hydrogens (tertiary/aromatic N) is 1. The van der Waals surface area contributed by atoms with Gasteiger partial charge in [-0.3, -0.25) is 0 Å². The Morgan fingerprint density at radius 3 is 2.38 bits per heavy atom. The summed E-state index contributed by atoms with van der Waals surface area (Å²) in [6.07, 6.45) is 1.12. The Kier molecular flexibility index (Phi) is 4.82. The highest BCUT2D eigenvalue weighted by molar-refractivity contribution is 7.94. The molecule has 0 saturated heterocycles. The first-order chi connectivity index (χ1) is 15.4. The number of rotatable bonds is 6. The molecule has 1 aliphatic rings. The fraction of sp³-hybridized carbons (Fsp3) is 0.208. The second-order valence-electron chi connectivity index (χ2n) is 7.77. The van der Waals surface area contributed by atoms with Gasteiger partial charge in [-0.05, 0) is 38.0 Å². The summed E-state index contributed by atoms with van der Waals surface area (Å²) in [6.45, 7) is 1.86. The van der Waals surface area contributed by atoms with Crippen LogP contribution in [0.2, 0.25) is 0 Å². The van der Waals surface area contributed by atoms with E-state index in [0.717, 1.165) is 0 Å². The van der Waals surface area contributed by atoms with E-state index in [1.165, 1.54) is 10.4 Å². The third kappa shape index (κ3) is 3.18. The lowest BCUT2D eigenvalue weighted by molar-refractivity contribution is 0.0521. The van der Waals surface area contributed by atoms with E-state index >= 15 is 0 Å². The molecule has 2 N–H and O–H groups in total. The first-order valence-electron chi connectivity index (χ1n) is 10.5. The van der Waals surface area contributed by atoms with Gasteiger partial charge in [0.15, 0.2) is 5.69 Å². The predicted molar refractivity (Wildman–Crippen MR) is 124 cm³/mol. The van der Waals surface area contributed by atoms with Gasteiger partial charge in [-0.15, -0.1) is 0 Å². The van der Waals surface area contributed by atoms with Crippen LogP contribution in [0.3, 0.4) is 0 Å². The molecule has 0 amide bonds. The third-order valence-electron chi connectivity index (χ3n) is 5.66. The molecular weight excluding hydrogens is 428 g/mol. The van der Waals surface area contributed by atoms with Crippen LogP contribution in [0.4, 0.5) is 11.4 Å². The monoisotopic (exact) mass is 450 g/mol. The minimum absolute atomic E-state index is 0.0534. The minimum atomic E-state index is -3.85. The van der Waals surface area contributed by atoms with Crippen LogP contribution in [0, 0.1) is 0 Å². The molecule has 0 bridgehead atoms. The lowest BCUT2D eigenvalue weighted by Crippen LogP contribution is -2.31. The molecule has 0 aliphatic heterocycles. The van der Waals surface area contributed by atoms with Crippen molar-refractivity contribution in [2.24, 2.45) is 0 Å². The zero-order valence-corrected chi connectivity index (χ0v) is 18.2. The number of hydrogen-bond acceptors (Lipinski definition) is 5. The van der Waals surface area contributed by atoms with Crippen LogP contribution in [0.25, 0.3) is 21.7 Å². The van der Waals surface area contributed by atoms with E-state index in [-0.39, 0.29) is 23.7 Å². The lowest BCUT2D eigenvalue weighted by atomic mass is 10.1. The fourth-order valence-electron chi connectivity index (χ4n) is 4.03. The Labute approximate surface area is 185 Å². The summed E-state index contributed by atoms with van der Waals surface area (Å²) in [6, 6.07) is 17.3. The Morgan fingerprint density at radius 2 is 1.69 bits per heavy atom. The van der Waals surface area contributed by atoms with Gasteiger partial charge in [0.1, 0.15) is 5.75 Å². The molecule has 1 saturated carbocycles. The second kappa shape index (κ2) is 7.56. The quantitative estimate of drug-likeness (QED) is 0.410. The number of carbonyl (C=O) groups excluding carboxylic acids is 1. The van der Waals surface area contributed by atoms with Crippen molar-refractivity contribution in [1.82, 2.24) is 4.98 Å². The van der Waals surface area contributed by atoms with Crippen molar-refractivity contribution in [2.75, 3.05) is 10.9 Å². The van der Waals surface area contributed by atoms with E-state index < -0.39 is 21.2 Å². The van der Waals surface area contributed by atoms with E-state index in [0.29, 0.717) is 40.2 Å². The normalized spacial score (nSPS) is 14.0. The lowest BCUT2D eigenvalue weighted by Gasteiger charge is -2.26. The number of para-hydroxylation sites is 1. The predicted octanol–water partition coefficient (Wildman–Crippen LogP) is 4.83. The molecule has 8 heteroatoms. The molecular formula is C24H22N2O5S. The summed E-state index contributed by atoms with van der Waals surface area (Å²) >= 11 is 0. The molecule has 5 rings (SSSR count). The number of anilines is 2. The average Bonchev–Trinajstić information content (AvgIpc) is 3.59. The van der Waals surface area contributed by atoms with Gasteiger partial charge in [-0.25, -0.2) is 17.5 Å². The molecule has 0 atom stereocenters. The standard InChI is InChI=1S/C24H22N2O5S/c1-2-31-24(28)22-23(18-9-5-6-10-19(18)25-22)26(32(29,30)15-11-12-15)20-13-14-21(27)17-8-4-3-7-16(17)20/h3-10,13-15,25,27H,2,11-12H2,1H3. The molecule has 1 aromatic heterocycles. The Morgan fingerprint density at radius 1 is 1.03 bits per heavy atom. The summed E-state index contributed by atoms with van der Waals surface area (Å²) in [5.41, 5.74) is 1.32. The van der Waals surface area contributed by atoms with Gasteiger partial charge in [0, 0.05) is 21.7 Å². The Balaban J connectivity index is 1.87.